The molecular weight excluding hydrogens is 252 g/mol. The first kappa shape index (κ1) is 13.8. The van der Waals surface area contributed by atoms with Crippen molar-refractivity contribution in [2.24, 2.45) is 0 Å². The molecule has 110 valence electrons. The van der Waals surface area contributed by atoms with Crippen LogP contribution in [-0.4, -0.2) is 58.3 Å². The highest BCUT2D eigenvalue weighted by Crippen LogP contribution is 2.33. The predicted molar refractivity (Wildman–Crippen MR) is 78.7 cm³/mol. The van der Waals surface area contributed by atoms with Gasteiger partial charge in [-0.3, -0.25) is 0 Å². The maximum atomic E-state index is 10.2. The zero-order chi connectivity index (χ0) is 14.0. The summed E-state index contributed by atoms with van der Waals surface area (Å²) in [7, 11) is 2.11. The number of β-amino-alcohol motifs (C(OH)–C–C–N with tert-alkyl or cyclic N) is 1. The second kappa shape index (κ2) is 5.66. The molecule has 0 atom stereocenters. The molecule has 20 heavy (non-hydrogen) atoms. The molecule has 1 saturated carbocycles. The monoisotopic (exact) mass is 276 g/mol. The summed E-state index contributed by atoms with van der Waals surface area (Å²) >= 11 is 0. The topological polar surface area (TPSA) is 52.5 Å². The van der Waals surface area contributed by atoms with E-state index in [4.69, 9.17) is 0 Å². The van der Waals surface area contributed by atoms with Crippen molar-refractivity contribution in [3.8, 4) is 0 Å². The van der Waals surface area contributed by atoms with Gasteiger partial charge in [0.1, 0.15) is 12.1 Å². The van der Waals surface area contributed by atoms with Crippen molar-refractivity contribution >= 4 is 5.82 Å². The Labute approximate surface area is 120 Å². The van der Waals surface area contributed by atoms with Gasteiger partial charge in [0, 0.05) is 38.9 Å². The van der Waals surface area contributed by atoms with Gasteiger partial charge >= 0.3 is 0 Å². The van der Waals surface area contributed by atoms with Crippen molar-refractivity contribution in [1.29, 1.82) is 0 Å². The number of rotatable bonds is 4. The summed E-state index contributed by atoms with van der Waals surface area (Å²) in [5, 5.41) is 10.2. The quantitative estimate of drug-likeness (QED) is 0.898. The molecule has 1 aliphatic heterocycles. The van der Waals surface area contributed by atoms with E-state index in [-0.39, 0.29) is 5.60 Å². The van der Waals surface area contributed by atoms with E-state index in [1.165, 1.54) is 6.42 Å². The van der Waals surface area contributed by atoms with E-state index in [9.17, 15) is 5.11 Å². The van der Waals surface area contributed by atoms with Crippen molar-refractivity contribution < 1.29 is 5.11 Å². The van der Waals surface area contributed by atoms with Gasteiger partial charge in [-0.25, -0.2) is 9.97 Å². The molecule has 2 heterocycles. The van der Waals surface area contributed by atoms with Crippen LogP contribution in [0.25, 0.3) is 0 Å². The molecule has 0 unspecified atom stereocenters. The SMILES string of the molecule is CN(c1ccncn1)C1CCN(CC2(O)CCC2)CC1. The zero-order valence-electron chi connectivity index (χ0n) is 12.2. The molecule has 2 fully saturated rings. The molecule has 1 aliphatic carbocycles. The van der Waals surface area contributed by atoms with Gasteiger partial charge in [0.25, 0.3) is 0 Å². The molecule has 1 aromatic heterocycles. The molecule has 1 saturated heterocycles. The number of nitrogens with zero attached hydrogens (tertiary/aromatic N) is 4. The van der Waals surface area contributed by atoms with Crippen LogP contribution in [0.4, 0.5) is 5.82 Å². The molecule has 0 bridgehead atoms. The third kappa shape index (κ3) is 2.94. The van der Waals surface area contributed by atoms with Gasteiger partial charge in [-0.2, -0.15) is 0 Å². The Balaban J connectivity index is 1.51. The number of hydrogen-bond acceptors (Lipinski definition) is 5. The summed E-state index contributed by atoms with van der Waals surface area (Å²) in [4.78, 5) is 13.0. The summed E-state index contributed by atoms with van der Waals surface area (Å²) in [6.45, 7) is 3.00. The lowest BCUT2D eigenvalue weighted by Crippen LogP contribution is -2.52. The van der Waals surface area contributed by atoms with Crippen LogP contribution in [-0.2, 0) is 0 Å². The van der Waals surface area contributed by atoms with Crippen molar-refractivity contribution in [1.82, 2.24) is 14.9 Å². The summed E-state index contributed by atoms with van der Waals surface area (Å²) in [5.74, 6) is 0.996. The minimum atomic E-state index is -0.384. The van der Waals surface area contributed by atoms with Crippen LogP contribution in [0.3, 0.4) is 0 Å². The first-order chi connectivity index (χ1) is 9.66. The van der Waals surface area contributed by atoms with Crippen molar-refractivity contribution in [3.05, 3.63) is 18.6 Å². The van der Waals surface area contributed by atoms with Gasteiger partial charge < -0.3 is 14.9 Å². The highest BCUT2D eigenvalue weighted by Gasteiger charge is 2.37. The van der Waals surface area contributed by atoms with Crippen LogP contribution in [0, 0.1) is 0 Å². The fraction of sp³-hybridized carbons (Fsp3) is 0.733. The van der Waals surface area contributed by atoms with Gasteiger partial charge in [-0.15, -0.1) is 0 Å². The molecule has 2 aliphatic rings. The van der Waals surface area contributed by atoms with E-state index in [0.29, 0.717) is 6.04 Å². The molecule has 0 spiro atoms. The van der Waals surface area contributed by atoms with E-state index in [1.807, 2.05) is 6.07 Å². The van der Waals surface area contributed by atoms with Crippen LogP contribution < -0.4 is 4.90 Å². The summed E-state index contributed by atoms with van der Waals surface area (Å²) in [6, 6.07) is 2.50. The maximum Gasteiger partial charge on any atom is 0.131 e. The molecule has 1 aromatic rings. The highest BCUT2D eigenvalue weighted by atomic mass is 16.3. The van der Waals surface area contributed by atoms with Gasteiger partial charge in [-0.1, -0.05) is 0 Å². The number of aliphatic hydroxyl groups is 1. The van der Waals surface area contributed by atoms with Gasteiger partial charge in [0.15, 0.2) is 0 Å². The largest absolute Gasteiger partial charge is 0.389 e. The Bertz CT molecular complexity index is 427. The van der Waals surface area contributed by atoms with Crippen LogP contribution in [0.15, 0.2) is 18.6 Å². The molecule has 5 nitrogen and oxygen atoms in total. The fourth-order valence-electron chi connectivity index (χ4n) is 3.30. The molecular formula is C15H24N4O. The highest BCUT2D eigenvalue weighted by molar-refractivity contribution is 5.36. The summed E-state index contributed by atoms with van der Waals surface area (Å²) in [6.07, 6.45) is 8.81. The lowest BCUT2D eigenvalue weighted by atomic mass is 9.79. The third-order valence-corrected chi connectivity index (χ3v) is 4.83. The minimum Gasteiger partial charge on any atom is -0.389 e. The summed E-state index contributed by atoms with van der Waals surface area (Å²) in [5.41, 5.74) is -0.384. The van der Waals surface area contributed by atoms with E-state index in [0.717, 1.165) is 51.1 Å². The fourth-order valence-corrected chi connectivity index (χ4v) is 3.30. The van der Waals surface area contributed by atoms with Crippen LogP contribution in [0.2, 0.25) is 0 Å². The van der Waals surface area contributed by atoms with Gasteiger partial charge in [0.05, 0.1) is 5.60 Å². The molecule has 5 heteroatoms. The Hall–Kier alpha value is -1.20. The van der Waals surface area contributed by atoms with E-state index >= 15 is 0 Å². The lowest BCUT2D eigenvalue weighted by Gasteiger charge is -2.44. The number of hydrogen-bond donors (Lipinski definition) is 1. The molecule has 1 N–H and O–H groups in total. The number of aromatic nitrogens is 2. The van der Waals surface area contributed by atoms with E-state index in [2.05, 4.69) is 26.8 Å². The number of piperidine rings is 1. The first-order valence-corrected chi connectivity index (χ1v) is 7.60. The molecule has 0 aromatic carbocycles. The van der Waals surface area contributed by atoms with Gasteiger partial charge in [-0.05, 0) is 38.2 Å². The maximum absolute atomic E-state index is 10.2. The van der Waals surface area contributed by atoms with E-state index < -0.39 is 0 Å². The van der Waals surface area contributed by atoms with Crippen molar-refractivity contribution in [2.45, 2.75) is 43.7 Å². The first-order valence-electron chi connectivity index (χ1n) is 7.60. The smallest absolute Gasteiger partial charge is 0.131 e. The van der Waals surface area contributed by atoms with E-state index in [1.54, 1.807) is 12.5 Å². The average Bonchev–Trinajstić information content (AvgIpc) is 2.47. The average molecular weight is 276 g/mol. The number of anilines is 1. The van der Waals surface area contributed by atoms with Crippen molar-refractivity contribution in [2.75, 3.05) is 31.6 Å². The third-order valence-electron chi connectivity index (χ3n) is 4.83. The Kier molecular flexibility index (Phi) is 3.89. The lowest BCUT2D eigenvalue weighted by molar-refractivity contribution is -0.0621. The predicted octanol–water partition coefficient (Wildman–Crippen LogP) is 1.29. The van der Waals surface area contributed by atoms with Gasteiger partial charge in [0.2, 0.25) is 0 Å². The van der Waals surface area contributed by atoms with Crippen LogP contribution in [0.5, 0.6) is 0 Å². The Morgan fingerprint density at radius 3 is 2.70 bits per heavy atom. The van der Waals surface area contributed by atoms with Crippen LogP contribution >= 0.6 is 0 Å². The molecule has 0 radical (unpaired) electrons. The second-order valence-corrected chi connectivity index (χ2v) is 6.26. The number of likely N-dealkylation sites (tertiary alicyclic amines) is 1. The Morgan fingerprint density at radius 1 is 1.40 bits per heavy atom. The molecule has 0 amide bonds. The zero-order valence-corrected chi connectivity index (χ0v) is 12.2. The second-order valence-electron chi connectivity index (χ2n) is 6.26. The van der Waals surface area contributed by atoms with Crippen LogP contribution in [0.1, 0.15) is 32.1 Å². The standard InChI is InChI=1S/C15H24N4O/c1-18(14-3-8-16-12-17-14)13-4-9-19(10-5-13)11-15(20)6-2-7-15/h3,8,12-13,20H,2,4-7,9-11H2,1H3. The van der Waals surface area contributed by atoms with Crippen molar-refractivity contribution in [3.63, 3.8) is 0 Å². The molecule has 3 rings (SSSR count). The minimum absolute atomic E-state index is 0.384. The Morgan fingerprint density at radius 2 is 2.15 bits per heavy atom. The summed E-state index contributed by atoms with van der Waals surface area (Å²) < 4.78 is 0. The normalized spacial score (nSPS) is 23.3.